The summed E-state index contributed by atoms with van der Waals surface area (Å²) in [5.74, 6) is -0.156. The summed E-state index contributed by atoms with van der Waals surface area (Å²) in [5.41, 5.74) is -0.299. The fourth-order valence-electron chi connectivity index (χ4n) is 1.24. The predicted molar refractivity (Wildman–Crippen MR) is 59.1 cm³/mol. The standard InChI is InChI=1S/C11H8N2O4/c14-10-7-6-9(13(15)16)11(12-10)17-8-4-2-1-3-5-8/h1-7H,(H,12,14). The molecule has 0 aliphatic heterocycles. The number of rotatable bonds is 3. The summed E-state index contributed by atoms with van der Waals surface area (Å²) in [4.78, 5) is 13.7. The molecule has 0 atom stereocenters. The van der Waals surface area contributed by atoms with Crippen molar-refractivity contribution >= 4 is 5.69 Å². The highest BCUT2D eigenvalue weighted by molar-refractivity contribution is 5.44. The van der Waals surface area contributed by atoms with E-state index in [0.29, 0.717) is 5.75 Å². The van der Waals surface area contributed by atoms with Crippen molar-refractivity contribution in [3.8, 4) is 17.5 Å². The molecular formula is C11H8N2O4. The molecule has 0 aliphatic carbocycles. The number of hydrogen-bond donors (Lipinski definition) is 1. The van der Waals surface area contributed by atoms with E-state index in [9.17, 15) is 15.2 Å². The Balaban J connectivity index is 2.37. The normalized spacial score (nSPS) is 9.88. The summed E-state index contributed by atoms with van der Waals surface area (Å²) in [7, 11) is 0. The minimum atomic E-state index is -0.620. The third-order valence-corrected chi connectivity index (χ3v) is 1.98. The van der Waals surface area contributed by atoms with Gasteiger partial charge in [-0.05, 0) is 12.1 Å². The Morgan fingerprint density at radius 2 is 1.88 bits per heavy atom. The van der Waals surface area contributed by atoms with Crippen LogP contribution in [0.1, 0.15) is 0 Å². The van der Waals surface area contributed by atoms with E-state index in [2.05, 4.69) is 4.98 Å². The van der Waals surface area contributed by atoms with Crippen molar-refractivity contribution in [3.63, 3.8) is 0 Å². The van der Waals surface area contributed by atoms with Crippen LogP contribution in [0.2, 0.25) is 0 Å². The first-order chi connectivity index (χ1) is 8.16. The van der Waals surface area contributed by atoms with Crippen LogP contribution in [-0.4, -0.2) is 15.0 Å². The van der Waals surface area contributed by atoms with Crippen molar-refractivity contribution in [2.75, 3.05) is 0 Å². The Morgan fingerprint density at radius 1 is 1.18 bits per heavy atom. The predicted octanol–water partition coefficient (Wildman–Crippen LogP) is 2.49. The van der Waals surface area contributed by atoms with Gasteiger partial charge in [0.1, 0.15) is 5.75 Å². The maximum absolute atomic E-state index is 10.7. The molecule has 0 amide bonds. The van der Waals surface area contributed by atoms with E-state index in [4.69, 9.17) is 4.74 Å². The van der Waals surface area contributed by atoms with Gasteiger partial charge in [0.15, 0.2) is 0 Å². The van der Waals surface area contributed by atoms with E-state index in [0.717, 1.165) is 12.1 Å². The third kappa shape index (κ3) is 2.49. The number of hydrogen-bond acceptors (Lipinski definition) is 5. The number of pyridine rings is 1. The number of ether oxygens (including phenoxy) is 1. The van der Waals surface area contributed by atoms with Gasteiger partial charge >= 0.3 is 11.6 Å². The zero-order valence-corrected chi connectivity index (χ0v) is 8.61. The number of aromatic hydroxyl groups is 1. The molecule has 1 aromatic heterocycles. The molecule has 0 saturated carbocycles. The molecule has 2 rings (SSSR count). The number of benzene rings is 1. The molecular weight excluding hydrogens is 224 g/mol. The van der Waals surface area contributed by atoms with Gasteiger partial charge in [-0.3, -0.25) is 10.1 Å². The third-order valence-electron chi connectivity index (χ3n) is 1.98. The van der Waals surface area contributed by atoms with Crippen molar-refractivity contribution in [2.24, 2.45) is 0 Å². The molecule has 0 saturated heterocycles. The highest BCUT2D eigenvalue weighted by Crippen LogP contribution is 2.30. The van der Waals surface area contributed by atoms with Crippen molar-refractivity contribution < 1.29 is 14.8 Å². The average molecular weight is 232 g/mol. The smallest absolute Gasteiger partial charge is 0.331 e. The first kappa shape index (κ1) is 10.9. The molecule has 0 spiro atoms. The number of nitro groups is 1. The Hall–Kier alpha value is -2.63. The zero-order chi connectivity index (χ0) is 12.3. The molecule has 6 heteroatoms. The van der Waals surface area contributed by atoms with Crippen LogP contribution in [0.3, 0.4) is 0 Å². The summed E-state index contributed by atoms with van der Waals surface area (Å²) in [5, 5.41) is 19.9. The topological polar surface area (TPSA) is 85.5 Å². The van der Waals surface area contributed by atoms with Gasteiger partial charge < -0.3 is 9.84 Å². The van der Waals surface area contributed by atoms with Gasteiger partial charge in [0.25, 0.3) is 0 Å². The average Bonchev–Trinajstić information content (AvgIpc) is 2.30. The lowest BCUT2D eigenvalue weighted by Crippen LogP contribution is -1.95. The maximum Gasteiger partial charge on any atom is 0.331 e. The van der Waals surface area contributed by atoms with E-state index < -0.39 is 4.92 Å². The highest BCUT2D eigenvalue weighted by atomic mass is 16.6. The number of aromatic nitrogens is 1. The van der Waals surface area contributed by atoms with Crippen LogP contribution >= 0.6 is 0 Å². The van der Waals surface area contributed by atoms with Crippen LogP contribution < -0.4 is 4.74 Å². The van der Waals surface area contributed by atoms with Gasteiger partial charge in [-0.15, -0.1) is 0 Å². The Kier molecular flexibility index (Phi) is 2.87. The molecule has 0 aliphatic rings. The molecule has 0 unspecified atom stereocenters. The van der Waals surface area contributed by atoms with Crippen LogP contribution in [0.25, 0.3) is 0 Å². The molecule has 0 fully saturated rings. The van der Waals surface area contributed by atoms with E-state index >= 15 is 0 Å². The summed E-state index contributed by atoms with van der Waals surface area (Å²) in [6.07, 6.45) is 0. The summed E-state index contributed by atoms with van der Waals surface area (Å²) in [6, 6.07) is 10.8. The molecule has 17 heavy (non-hydrogen) atoms. The first-order valence-corrected chi connectivity index (χ1v) is 4.74. The summed E-state index contributed by atoms with van der Waals surface area (Å²) < 4.78 is 5.24. The fraction of sp³-hybridized carbons (Fsp3) is 0. The Bertz CT molecular complexity index is 542. The van der Waals surface area contributed by atoms with Gasteiger partial charge in [0.2, 0.25) is 5.88 Å². The van der Waals surface area contributed by atoms with Crippen LogP contribution in [-0.2, 0) is 0 Å². The highest BCUT2D eigenvalue weighted by Gasteiger charge is 2.18. The minimum Gasteiger partial charge on any atom is -0.493 e. The molecule has 0 bridgehead atoms. The number of para-hydroxylation sites is 1. The molecule has 2 aromatic rings. The van der Waals surface area contributed by atoms with E-state index in [-0.39, 0.29) is 17.4 Å². The summed E-state index contributed by atoms with van der Waals surface area (Å²) in [6.45, 7) is 0. The van der Waals surface area contributed by atoms with Crippen LogP contribution in [0.5, 0.6) is 17.5 Å². The number of nitrogens with zero attached hydrogens (tertiary/aromatic N) is 2. The van der Waals surface area contributed by atoms with Gasteiger partial charge in [0, 0.05) is 12.1 Å². The zero-order valence-electron chi connectivity index (χ0n) is 8.61. The lowest BCUT2D eigenvalue weighted by Gasteiger charge is -2.04. The van der Waals surface area contributed by atoms with Crippen LogP contribution in [0, 0.1) is 10.1 Å². The molecule has 86 valence electrons. The van der Waals surface area contributed by atoms with Gasteiger partial charge in [-0.2, -0.15) is 4.98 Å². The largest absolute Gasteiger partial charge is 0.493 e. The van der Waals surface area contributed by atoms with E-state index in [1.54, 1.807) is 30.3 Å². The van der Waals surface area contributed by atoms with E-state index in [1.165, 1.54) is 0 Å². The van der Waals surface area contributed by atoms with Crippen molar-refractivity contribution in [1.82, 2.24) is 4.98 Å². The quantitative estimate of drug-likeness (QED) is 0.649. The first-order valence-electron chi connectivity index (χ1n) is 4.74. The van der Waals surface area contributed by atoms with E-state index in [1.807, 2.05) is 0 Å². The molecule has 6 nitrogen and oxygen atoms in total. The second-order valence-corrected chi connectivity index (χ2v) is 3.17. The van der Waals surface area contributed by atoms with Crippen molar-refractivity contribution in [1.29, 1.82) is 0 Å². The maximum atomic E-state index is 10.7. The van der Waals surface area contributed by atoms with Gasteiger partial charge in [0.05, 0.1) is 4.92 Å². The van der Waals surface area contributed by atoms with Crippen molar-refractivity contribution in [3.05, 3.63) is 52.6 Å². The monoisotopic (exact) mass is 232 g/mol. The molecule has 1 heterocycles. The van der Waals surface area contributed by atoms with Crippen LogP contribution in [0.15, 0.2) is 42.5 Å². The molecule has 1 N–H and O–H groups in total. The lowest BCUT2D eigenvalue weighted by molar-refractivity contribution is -0.386. The summed E-state index contributed by atoms with van der Waals surface area (Å²) >= 11 is 0. The van der Waals surface area contributed by atoms with Gasteiger partial charge in [-0.25, -0.2) is 0 Å². The lowest BCUT2D eigenvalue weighted by atomic mass is 10.3. The van der Waals surface area contributed by atoms with Crippen LogP contribution in [0.4, 0.5) is 5.69 Å². The fourth-order valence-corrected chi connectivity index (χ4v) is 1.24. The molecule has 1 aromatic carbocycles. The minimum absolute atomic E-state index is 0.235. The second-order valence-electron chi connectivity index (χ2n) is 3.17. The van der Waals surface area contributed by atoms with Crippen molar-refractivity contribution in [2.45, 2.75) is 0 Å². The van der Waals surface area contributed by atoms with Gasteiger partial charge in [-0.1, -0.05) is 18.2 Å². The Morgan fingerprint density at radius 3 is 2.53 bits per heavy atom. The SMILES string of the molecule is O=[N+]([O-])c1ccc(O)nc1Oc1ccccc1. The second kappa shape index (κ2) is 4.48. The Labute approximate surface area is 96.3 Å². The molecule has 0 radical (unpaired) electrons.